The zero-order valence-corrected chi connectivity index (χ0v) is 11.4. The monoisotopic (exact) mass is 246 g/mol. The zero-order chi connectivity index (χ0) is 13.7. The molecule has 0 amide bonds. The van der Waals surface area contributed by atoms with Gasteiger partial charge in [-0.25, -0.2) is 4.79 Å². The molecule has 3 nitrogen and oxygen atoms in total. The molecule has 1 aliphatic heterocycles. The van der Waals surface area contributed by atoms with Crippen molar-refractivity contribution >= 4 is 11.5 Å². The first-order chi connectivity index (χ1) is 8.24. The number of carbonyl (C=O) groups is 1. The summed E-state index contributed by atoms with van der Waals surface area (Å²) in [6.45, 7) is 9.26. The number of aryl methyl sites for hydroxylation is 3. The number of aliphatic hydroxyl groups excluding tert-OH is 1. The highest BCUT2D eigenvalue weighted by Gasteiger charge is 2.42. The summed E-state index contributed by atoms with van der Waals surface area (Å²) in [5, 5.41) is 10.2. The average molecular weight is 246 g/mol. The van der Waals surface area contributed by atoms with Gasteiger partial charge in [0, 0.05) is 0 Å². The third-order valence-electron chi connectivity index (χ3n) is 3.29. The second-order valence-corrected chi connectivity index (χ2v) is 5.40. The maximum Gasteiger partial charge on any atom is 0.343 e. The van der Waals surface area contributed by atoms with Gasteiger partial charge in [0.1, 0.15) is 5.57 Å². The Kier molecular flexibility index (Phi) is 2.73. The molecule has 0 saturated carbocycles. The van der Waals surface area contributed by atoms with E-state index in [-0.39, 0.29) is 5.76 Å². The largest absolute Gasteiger partial charge is 0.507 e. The first-order valence-electron chi connectivity index (χ1n) is 5.99. The Bertz CT molecular complexity index is 542. The van der Waals surface area contributed by atoms with Crippen molar-refractivity contribution in [2.75, 3.05) is 0 Å². The fourth-order valence-corrected chi connectivity index (χ4v) is 2.52. The standard InChI is InChI=1S/C15H18O3/c1-8-6-9(2)11(10(3)7-8)12-13(16)15(4,5)18-14(12)17/h6-7,16H,1-5H3. The smallest absolute Gasteiger partial charge is 0.343 e. The van der Waals surface area contributed by atoms with Crippen molar-refractivity contribution in [2.45, 2.75) is 40.2 Å². The number of hydrogen-bond acceptors (Lipinski definition) is 3. The second-order valence-electron chi connectivity index (χ2n) is 5.40. The predicted octanol–water partition coefficient (Wildman–Crippen LogP) is 3.22. The highest BCUT2D eigenvalue weighted by atomic mass is 16.6. The highest BCUT2D eigenvalue weighted by Crippen LogP contribution is 2.38. The van der Waals surface area contributed by atoms with Gasteiger partial charge in [-0.2, -0.15) is 0 Å². The van der Waals surface area contributed by atoms with Gasteiger partial charge in [-0.15, -0.1) is 0 Å². The molecular formula is C15H18O3. The number of benzene rings is 1. The van der Waals surface area contributed by atoms with Crippen LogP contribution in [0.5, 0.6) is 0 Å². The molecule has 0 unspecified atom stereocenters. The Balaban J connectivity index is 2.71. The highest BCUT2D eigenvalue weighted by molar-refractivity contribution is 6.20. The molecule has 0 radical (unpaired) electrons. The first-order valence-corrected chi connectivity index (χ1v) is 5.99. The predicted molar refractivity (Wildman–Crippen MR) is 70.4 cm³/mol. The van der Waals surface area contributed by atoms with Gasteiger partial charge in [-0.3, -0.25) is 0 Å². The van der Waals surface area contributed by atoms with Crippen molar-refractivity contribution in [1.29, 1.82) is 0 Å². The quantitative estimate of drug-likeness (QED) is 0.774. The molecule has 2 rings (SSSR count). The normalized spacial score (nSPS) is 18.2. The van der Waals surface area contributed by atoms with Crippen LogP contribution in [-0.4, -0.2) is 16.7 Å². The Morgan fingerprint density at radius 3 is 2.00 bits per heavy atom. The summed E-state index contributed by atoms with van der Waals surface area (Å²) in [6.07, 6.45) is 0. The third-order valence-corrected chi connectivity index (χ3v) is 3.29. The van der Waals surface area contributed by atoms with E-state index in [1.54, 1.807) is 13.8 Å². The number of carbonyl (C=O) groups excluding carboxylic acids is 1. The van der Waals surface area contributed by atoms with Gasteiger partial charge < -0.3 is 9.84 Å². The molecule has 1 heterocycles. The number of rotatable bonds is 1. The molecule has 18 heavy (non-hydrogen) atoms. The van der Waals surface area contributed by atoms with Gasteiger partial charge in [-0.1, -0.05) is 17.7 Å². The molecule has 96 valence electrons. The molecule has 3 heteroatoms. The van der Waals surface area contributed by atoms with Gasteiger partial charge in [0.05, 0.1) is 0 Å². The minimum Gasteiger partial charge on any atom is -0.507 e. The fourth-order valence-electron chi connectivity index (χ4n) is 2.52. The first kappa shape index (κ1) is 12.7. The summed E-state index contributed by atoms with van der Waals surface area (Å²) in [5.74, 6) is -0.435. The van der Waals surface area contributed by atoms with E-state index >= 15 is 0 Å². The Hall–Kier alpha value is -1.77. The van der Waals surface area contributed by atoms with Crippen molar-refractivity contribution in [3.8, 4) is 0 Å². The summed E-state index contributed by atoms with van der Waals surface area (Å²) in [6, 6.07) is 4.00. The lowest BCUT2D eigenvalue weighted by molar-refractivity contribution is -0.143. The van der Waals surface area contributed by atoms with E-state index in [2.05, 4.69) is 0 Å². The van der Waals surface area contributed by atoms with Crippen LogP contribution >= 0.6 is 0 Å². The molecule has 0 fully saturated rings. The Morgan fingerprint density at radius 2 is 1.61 bits per heavy atom. The van der Waals surface area contributed by atoms with Crippen molar-refractivity contribution < 1.29 is 14.6 Å². The molecule has 1 aliphatic rings. The van der Waals surface area contributed by atoms with Crippen LogP contribution in [0.1, 0.15) is 36.1 Å². The number of cyclic esters (lactones) is 1. The fraction of sp³-hybridized carbons (Fsp3) is 0.400. The summed E-state index contributed by atoms with van der Waals surface area (Å²) in [7, 11) is 0. The van der Waals surface area contributed by atoms with Crippen LogP contribution in [0.2, 0.25) is 0 Å². The molecule has 1 aromatic rings. The molecule has 1 aromatic carbocycles. The van der Waals surface area contributed by atoms with Crippen LogP contribution in [0.3, 0.4) is 0 Å². The van der Waals surface area contributed by atoms with E-state index in [0.717, 1.165) is 22.3 Å². The summed E-state index contributed by atoms with van der Waals surface area (Å²) < 4.78 is 5.21. The lowest BCUT2D eigenvalue weighted by Gasteiger charge is -2.16. The summed E-state index contributed by atoms with van der Waals surface area (Å²) in [4.78, 5) is 12.0. The Morgan fingerprint density at radius 1 is 1.11 bits per heavy atom. The Labute approximate surface area is 107 Å². The van der Waals surface area contributed by atoms with Crippen molar-refractivity contribution in [2.24, 2.45) is 0 Å². The lowest BCUT2D eigenvalue weighted by Crippen LogP contribution is -2.22. The summed E-state index contributed by atoms with van der Waals surface area (Å²) in [5.41, 5.74) is 3.24. The molecule has 0 saturated heterocycles. The van der Waals surface area contributed by atoms with Crippen LogP contribution in [0.4, 0.5) is 0 Å². The van der Waals surface area contributed by atoms with Gasteiger partial charge in [0.15, 0.2) is 11.4 Å². The number of hydrogen-bond donors (Lipinski definition) is 1. The minimum atomic E-state index is -0.934. The van der Waals surface area contributed by atoms with E-state index in [9.17, 15) is 9.90 Å². The third kappa shape index (κ3) is 1.80. The summed E-state index contributed by atoms with van der Waals surface area (Å²) >= 11 is 0. The molecule has 1 N–H and O–H groups in total. The van der Waals surface area contributed by atoms with Gasteiger partial charge >= 0.3 is 5.97 Å². The van der Waals surface area contributed by atoms with Gasteiger partial charge in [-0.05, 0) is 51.3 Å². The van der Waals surface area contributed by atoms with Crippen LogP contribution in [0.25, 0.3) is 5.57 Å². The van der Waals surface area contributed by atoms with E-state index in [4.69, 9.17) is 4.74 Å². The van der Waals surface area contributed by atoms with Crippen LogP contribution in [0, 0.1) is 20.8 Å². The van der Waals surface area contributed by atoms with Gasteiger partial charge in [0.2, 0.25) is 0 Å². The molecule has 0 aromatic heterocycles. The number of aliphatic hydroxyl groups is 1. The van der Waals surface area contributed by atoms with Crippen molar-refractivity contribution in [3.63, 3.8) is 0 Å². The van der Waals surface area contributed by atoms with Crippen LogP contribution < -0.4 is 0 Å². The zero-order valence-electron chi connectivity index (χ0n) is 11.4. The van der Waals surface area contributed by atoms with E-state index in [1.165, 1.54) is 0 Å². The van der Waals surface area contributed by atoms with Crippen molar-refractivity contribution in [3.05, 3.63) is 40.1 Å². The SMILES string of the molecule is Cc1cc(C)c(C2=C(O)C(C)(C)OC2=O)c(C)c1. The number of ether oxygens (including phenoxy) is 1. The van der Waals surface area contributed by atoms with Crippen LogP contribution in [-0.2, 0) is 9.53 Å². The van der Waals surface area contributed by atoms with Crippen molar-refractivity contribution in [1.82, 2.24) is 0 Å². The molecule has 0 atom stereocenters. The topological polar surface area (TPSA) is 46.5 Å². The number of esters is 1. The van der Waals surface area contributed by atoms with Crippen LogP contribution in [0.15, 0.2) is 17.9 Å². The molecule has 0 bridgehead atoms. The maximum absolute atomic E-state index is 12.0. The average Bonchev–Trinajstić information content (AvgIpc) is 2.38. The van der Waals surface area contributed by atoms with E-state index in [0.29, 0.717) is 5.57 Å². The lowest BCUT2D eigenvalue weighted by atomic mass is 9.91. The van der Waals surface area contributed by atoms with E-state index in [1.807, 2.05) is 32.9 Å². The molecular weight excluding hydrogens is 228 g/mol. The maximum atomic E-state index is 12.0. The molecule has 0 aliphatic carbocycles. The minimum absolute atomic E-state index is 0.0163. The van der Waals surface area contributed by atoms with Gasteiger partial charge in [0.25, 0.3) is 0 Å². The second kappa shape index (κ2) is 3.87. The molecule has 0 spiro atoms. The van der Waals surface area contributed by atoms with E-state index < -0.39 is 11.6 Å².